The number of fused-ring (bicyclic) bond motifs is 1. The smallest absolute Gasteiger partial charge is 0.225 e. The first-order valence-corrected chi connectivity index (χ1v) is 8.20. The van der Waals surface area contributed by atoms with Gasteiger partial charge < -0.3 is 10.0 Å². The van der Waals surface area contributed by atoms with E-state index in [1.165, 1.54) is 19.3 Å². The van der Waals surface area contributed by atoms with Crippen LogP contribution in [0.25, 0.3) is 0 Å². The molecular weight excluding hydrogens is 309 g/mol. The second kappa shape index (κ2) is 6.15. The minimum Gasteiger partial charge on any atom is -0.388 e. The number of hydrogen-bond donors (Lipinski definition) is 1. The van der Waals surface area contributed by atoms with Gasteiger partial charge in [-0.3, -0.25) is 4.79 Å². The van der Waals surface area contributed by atoms with Crippen molar-refractivity contribution in [2.75, 3.05) is 13.1 Å². The van der Waals surface area contributed by atoms with Crippen molar-refractivity contribution in [1.29, 1.82) is 0 Å². The fourth-order valence-electron chi connectivity index (χ4n) is 3.62. The van der Waals surface area contributed by atoms with Crippen molar-refractivity contribution in [2.24, 2.45) is 11.8 Å². The number of rotatable bonds is 3. The zero-order chi connectivity index (χ0) is 15.0. The Kier molecular flexibility index (Phi) is 4.43. The minimum atomic E-state index is -0.853. The van der Waals surface area contributed by atoms with Gasteiger partial charge in [0.15, 0.2) is 0 Å². The molecule has 2 aliphatic rings. The third-order valence-electron chi connectivity index (χ3n) is 4.72. The SMILES string of the molecule is O=C(CC(O)c1cc(Cl)cc(Cl)c1)N1CC2CCCC2C1. The first-order chi connectivity index (χ1) is 10.0. The highest BCUT2D eigenvalue weighted by Crippen LogP contribution is 2.38. The van der Waals surface area contributed by atoms with Gasteiger partial charge in [-0.2, -0.15) is 0 Å². The molecule has 1 amide bonds. The van der Waals surface area contributed by atoms with E-state index >= 15 is 0 Å². The van der Waals surface area contributed by atoms with E-state index < -0.39 is 6.10 Å². The van der Waals surface area contributed by atoms with Crippen LogP contribution in [0.3, 0.4) is 0 Å². The van der Waals surface area contributed by atoms with Crippen LogP contribution in [-0.4, -0.2) is 29.0 Å². The summed E-state index contributed by atoms with van der Waals surface area (Å²) < 4.78 is 0. The summed E-state index contributed by atoms with van der Waals surface area (Å²) in [5.41, 5.74) is 0.597. The van der Waals surface area contributed by atoms with E-state index in [0.29, 0.717) is 27.4 Å². The third kappa shape index (κ3) is 3.36. The molecule has 0 radical (unpaired) electrons. The summed E-state index contributed by atoms with van der Waals surface area (Å²) in [6.45, 7) is 1.71. The molecule has 1 aromatic carbocycles. The summed E-state index contributed by atoms with van der Waals surface area (Å²) in [6, 6.07) is 4.93. The number of amides is 1. The summed E-state index contributed by atoms with van der Waals surface area (Å²) in [5.74, 6) is 1.37. The first kappa shape index (κ1) is 15.1. The Morgan fingerprint density at radius 2 is 1.76 bits per heavy atom. The summed E-state index contributed by atoms with van der Waals surface area (Å²) in [6.07, 6.45) is 3.01. The molecule has 1 saturated heterocycles. The fraction of sp³-hybridized carbons (Fsp3) is 0.562. The molecule has 0 spiro atoms. The Morgan fingerprint density at radius 1 is 1.19 bits per heavy atom. The molecule has 3 rings (SSSR count). The van der Waals surface area contributed by atoms with Crippen LogP contribution in [0.2, 0.25) is 10.0 Å². The number of nitrogens with zero attached hydrogens (tertiary/aromatic N) is 1. The number of benzene rings is 1. The fourth-order valence-corrected chi connectivity index (χ4v) is 4.16. The van der Waals surface area contributed by atoms with Crippen molar-refractivity contribution >= 4 is 29.1 Å². The van der Waals surface area contributed by atoms with Crippen molar-refractivity contribution in [3.8, 4) is 0 Å². The maximum absolute atomic E-state index is 12.3. The van der Waals surface area contributed by atoms with Crippen molar-refractivity contribution in [1.82, 2.24) is 4.90 Å². The van der Waals surface area contributed by atoms with Gasteiger partial charge in [0.1, 0.15) is 0 Å². The number of carbonyl (C=O) groups is 1. The Bertz CT molecular complexity index is 517. The van der Waals surface area contributed by atoms with E-state index in [2.05, 4.69) is 0 Å². The van der Waals surface area contributed by atoms with E-state index in [1.54, 1.807) is 18.2 Å². The van der Waals surface area contributed by atoms with Crippen LogP contribution in [0.15, 0.2) is 18.2 Å². The molecule has 5 heteroatoms. The normalized spacial score (nSPS) is 26.0. The van der Waals surface area contributed by atoms with E-state index in [0.717, 1.165) is 13.1 Å². The van der Waals surface area contributed by atoms with Crippen LogP contribution in [0.5, 0.6) is 0 Å². The average molecular weight is 328 g/mol. The molecule has 0 bridgehead atoms. The van der Waals surface area contributed by atoms with Gasteiger partial charge in [-0.05, 0) is 48.4 Å². The maximum Gasteiger partial charge on any atom is 0.225 e. The highest BCUT2D eigenvalue weighted by molar-refractivity contribution is 6.34. The molecule has 21 heavy (non-hydrogen) atoms. The lowest BCUT2D eigenvalue weighted by Crippen LogP contribution is -2.30. The summed E-state index contributed by atoms with van der Waals surface area (Å²) in [5, 5.41) is 11.2. The van der Waals surface area contributed by atoms with Gasteiger partial charge in [0.05, 0.1) is 12.5 Å². The second-order valence-corrected chi connectivity index (χ2v) is 7.05. The summed E-state index contributed by atoms with van der Waals surface area (Å²) in [4.78, 5) is 14.2. The zero-order valence-corrected chi connectivity index (χ0v) is 13.3. The van der Waals surface area contributed by atoms with Crippen LogP contribution in [0.1, 0.15) is 37.4 Å². The van der Waals surface area contributed by atoms with Crippen LogP contribution in [0, 0.1) is 11.8 Å². The lowest BCUT2D eigenvalue weighted by Gasteiger charge is -2.19. The number of hydrogen-bond acceptors (Lipinski definition) is 2. The molecule has 1 aliphatic heterocycles. The monoisotopic (exact) mass is 327 g/mol. The zero-order valence-electron chi connectivity index (χ0n) is 11.8. The van der Waals surface area contributed by atoms with Gasteiger partial charge in [-0.1, -0.05) is 29.6 Å². The predicted octanol–water partition coefficient (Wildman–Crippen LogP) is 3.68. The summed E-state index contributed by atoms with van der Waals surface area (Å²) in [7, 11) is 0. The maximum atomic E-state index is 12.3. The molecule has 1 saturated carbocycles. The molecule has 2 fully saturated rings. The number of likely N-dealkylation sites (tertiary alicyclic amines) is 1. The molecule has 3 unspecified atom stereocenters. The van der Waals surface area contributed by atoms with E-state index in [1.807, 2.05) is 4.90 Å². The van der Waals surface area contributed by atoms with Crippen molar-refractivity contribution in [3.05, 3.63) is 33.8 Å². The van der Waals surface area contributed by atoms with E-state index in [-0.39, 0.29) is 12.3 Å². The van der Waals surface area contributed by atoms with Gasteiger partial charge in [-0.25, -0.2) is 0 Å². The lowest BCUT2D eigenvalue weighted by atomic mass is 10.0. The second-order valence-electron chi connectivity index (χ2n) is 6.17. The van der Waals surface area contributed by atoms with Crippen molar-refractivity contribution in [2.45, 2.75) is 31.8 Å². The third-order valence-corrected chi connectivity index (χ3v) is 5.15. The van der Waals surface area contributed by atoms with Gasteiger partial charge in [0.2, 0.25) is 5.91 Å². The van der Waals surface area contributed by atoms with Crippen molar-refractivity contribution < 1.29 is 9.90 Å². The molecule has 114 valence electrons. The molecular formula is C16H19Cl2NO2. The van der Waals surface area contributed by atoms with Gasteiger partial charge in [0.25, 0.3) is 0 Å². The first-order valence-electron chi connectivity index (χ1n) is 7.45. The highest BCUT2D eigenvalue weighted by Gasteiger charge is 2.38. The molecule has 1 aromatic rings. The van der Waals surface area contributed by atoms with Crippen LogP contribution in [0.4, 0.5) is 0 Å². The van der Waals surface area contributed by atoms with Crippen LogP contribution >= 0.6 is 23.2 Å². The number of aliphatic hydroxyl groups is 1. The number of carbonyl (C=O) groups excluding carboxylic acids is 1. The Balaban J connectivity index is 1.62. The number of aliphatic hydroxyl groups excluding tert-OH is 1. The molecule has 3 nitrogen and oxygen atoms in total. The molecule has 3 atom stereocenters. The van der Waals surface area contributed by atoms with Gasteiger partial charge >= 0.3 is 0 Å². The Hall–Kier alpha value is -0.770. The molecule has 0 aromatic heterocycles. The van der Waals surface area contributed by atoms with Gasteiger partial charge in [-0.15, -0.1) is 0 Å². The topological polar surface area (TPSA) is 40.5 Å². The van der Waals surface area contributed by atoms with E-state index in [9.17, 15) is 9.90 Å². The van der Waals surface area contributed by atoms with E-state index in [4.69, 9.17) is 23.2 Å². The van der Waals surface area contributed by atoms with Crippen LogP contribution < -0.4 is 0 Å². The molecule has 1 aliphatic carbocycles. The lowest BCUT2D eigenvalue weighted by molar-refractivity contribution is -0.132. The highest BCUT2D eigenvalue weighted by atomic mass is 35.5. The van der Waals surface area contributed by atoms with Gasteiger partial charge in [0, 0.05) is 23.1 Å². The molecule has 1 N–H and O–H groups in total. The number of halogens is 2. The minimum absolute atomic E-state index is 0.0213. The standard InChI is InChI=1S/C16H19Cl2NO2/c17-13-4-12(5-14(18)6-13)15(20)7-16(21)19-8-10-2-1-3-11(10)9-19/h4-6,10-11,15,20H,1-3,7-9H2. The Morgan fingerprint density at radius 3 is 2.33 bits per heavy atom. The Labute approximate surface area is 134 Å². The van der Waals surface area contributed by atoms with Crippen LogP contribution in [-0.2, 0) is 4.79 Å². The predicted molar refractivity (Wildman–Crippen MR) is 83.4 cm³/mol. The average Bonchev–Trinajstić information content (AvgIpc) is 2.97. The molecule has 1 heterocycles. The quantitative estimate of drug-likeness (QED) is 0.920. The largest absolute Gasteiger partial charge is 0.388 e. The summed E-state index contributed by atoms with van der Waals surface area (Å²) >= 11 is 11.9. The van der Waals surface area contributed by atoms with Crippen molar-refractivity contribution in [3.63, 3.8) is 0 Å².